The van der Waals surface area contributed by atoms with E-state index in [2.05, 4.69) is 20.6 Å². The molecule has 3 amide bonds. The lowest BCUT2D eigenvalue weighted by atomic mass is 10.4. The summed E-state index contributed by atoms with van der Waals surface area (Å²) in [7, 11) is 1.68. The molecule has 0 bridgehead atoms. The van der Waals surface area contributed by atoms with Crippen molar-refractivity contribution in [3.8, 4) is 0 Å². The van der Waals surface area contributed by atoms with Crippen LogP contribution >= 0.6 is 0 Å². The number of nitrogens with zero attached hydrogens (tertiary/aromatic N) is 3. The Balaban J connectivity index is 2.02. The molecule has 2 rings (SSSR count). The summed E-state index contributed by atoms with van der Waals surface area (Å²) in [6.07, 6.45) is 3.12. The van der Waals surface area contributed by atoms with Crippen LogP contribution in [0.4, 0.5) is 10.5 Å². The van der Waals surface area contributed by atoms with Crippen LogP contribution in [0.25, 0.3) is 0 Å². The van der Waals surface area contributed by atoms with Gasteiger partial charge in [0, 0.05) is 25.1 Å². The van der Waals surface area contributed by atoms with Gasteiger partial charge in [0.1, 0.15) is 0 Å². The minimum absolute atomic E-state index is 0.178. The molecule has 0 aromatic carbocycles. The predicted molar refractivity (Wildman–Crippen MR) is 61.5 cm³/mol. The molecule has 17 heavy (non-hydrogen) atoms. The van der Waals surface area contributed by atoms with Crippen molar-refractivity contribution in [2.24, 2.45) is 4.99 Å². The normalized spacial score (nSPS) is 17.1. The summed E-state index contributed by atoms with van der Waals surface area (Å²) >= 11 is 0. The maximum atomic E-state index is 11.5. The Labute approximate surface area is 97.5 Å². The number of hydrogen-bond acceptors (Lipinski definition) is 3. The second kappa shape index (κ2) is 4.60. The number of rotatable bonds is 1. The molecule has 1 aromatic rings. The minimum atomic E-state index is -0.541. The van der Waals surface area contributed by atoms with Gasteiger partial charge in [0.2, 0.25) is 11.9 Å². The number of carbonyl (C=O) groups is 2. The van der Waals surface area contributed by atoms with E-state index in [0.717, 1.165) is 0 Å². The number of aromatic nitrogens is 1. The van der Waals surface area contributed by atoms with Crippen LogP contribution in [0, 0.1) is 0 Å². The maximum Gasteiger partial charge on any atom is 0.348 e. The molecule has 1 aliphatic rings. The highest BCUT2D eigenvalue weighted by atomic mass is 16.2. The zero-order valence-electron chi connectivity index (χ0n) is 9.17. The van der Waals surface area contributed by atoms with Gasteiger partial charge in [0.05, 0.1) is 6.54 Å². The third-order valence-corrected chi connectivity index (χ3v) is 2.13. The molecule has 88 valence electrons. The second-order valence-electron chi connectivity index (χ2n) is 3.51. The molecule has 1 aliphatic heterocycles. The zero-order valence-corrected chi connectivity index (χ0v) is 9.17. The van der Waals surface area contributed by atoms with E-state index in [9.17, 15) is 9.59 Å². The summed E-state index contributed by atoms with van der Waals surface area (Å²) in [5, 5.41) is 5.04. The molecule has 0 radical (unpaired) electrons. The van der Waals surface area contributed by atoms with E-state index in [-0.39, 0.29) is 18.4 Å². The van der Waals surface area contributed by atoms with Crippen molar-refractivity contribution in [1.82, 2.24) is 15.2 Å². The quantitative estimate of drug-likeness (QED) is 0.716. The third kappa shape index (κ3) is 2.77. The molecule has 1 saturated heterocycles. The number of amides is 3. The highest BCUT2D eigenvalue weighted by Crippen LogP contribution is 2.04. The van der Waals surface area contributed by atoms with Crippen LogP contribution in [0.15, 0.2) is 29.5 Å². The SMILES string of the molecule is CN1CC(=O)NC1=NC(=O)Nc1ccncc1. The van der Waals surface area contributed by atoms with E-state index < -0.39 is 6.03 Å². The average molecular weight is 233 g/mol. The van der Waals surface area contributed by atoms with Crippen LogP contribution in [0.3, 0.4) is 0 Å². The number of aliphatic imine (C=N–C) groups is 1. The summed E-state index contributed by atoms with van der Waals surface area (Å²) < 4.78 is 0. The smallest absolute Gasteiger partial charge is 0.336 e. The number of urea groups is 1. The van der Waals surface area contributed by atoms with Gasteiger partial charge in [-0.3, -0.25) is 15.1 Å². The molecule has 2 heterocycles. The minimum Gasteiger partial charge on any atom is -0.336 e. The number of likely N-dealkylation sites (N-methyl/N-ethyl adjacent to an activating group) is 1. The Morgan fingerprint density at radius 1 is 1.53 bits per heavy atom. The molecule has 0 atom stereocenters. The van der Waals surface area contributed by atoms with Gasteiger partial charge < -0.3 is 10.2 Å². The van der Waals surface area contributed by atoms with E-state index in [1.807, 2.05) is 0 Å². The van der Waals surface area contributed by atoms with Crippen molar-refractivity contribution in [2.75, 3.05) is 18.9 Å². The molecular weight excluding hydrogens is 222 g/mol. The molecule has 1 aromatic heterocycles. The lowest BCUT2D eigenvalue weighted by Gasteiger charge is -2.08. The topological polar surface area (TPSA) is 86.7 Å². The molecule has 7 heteroatoms. The van der Waals surface area contributed by atoms with E-state index in [4.69, 9.17) is 0 Å². The first-order chi connectivity index (χ1) is 8.15. The molecule has 0 spiro atoms. The lowest BCUT2D eigenvalue weighted by molar-refractivity contribution is -0.118. The van der Waals surface area contributed by atoms with Crippen LogP contribution in [-0.2, 0) is 4.79 Å². The largest absolute Gasteiger partial charge is 0.348 e. The van der Waals surface area contributed by atoms with Crippen LogP contribution in [-0.4, -0.2) is 41.4 Å². The summed E-state index contributed by atoms with van der Waals surface area (Å²) in [5.74, 6) is 0.0736. The number of guanidine groups is 1. The molecule has 0 aliphatic carbocycles. The first kappa shape index (κ1) is 11.1. The van der Waals surface area contributed by atoms with Crippen LogP contribution < -0.4 is 10.6 Å². The first-order valence-corrected chi connectivity index (χ1v) is 4.96. The highest BCUT2D eigenvalue weighted by molar-refractivity contribution is 6.09. The van der Waals surface area contributed by atoms with E-state index in [1.165, 1.54) is 0 Å². The number of pyridine rings is 1. The van der Waals surface area contributed by atoms with Gasteiger partial charge in [0.15, 0.2) is 0 Å². The fourth-order valence-electron chi connectivity index (χ4n) is 1.35. The highest BCUT2D eigenvalue weighted by Gasteiger charge is 2.22. The molecule has 0 unspecified atom stereocenters. The van der Waals surface area contributed by atoms with Gasteiger partial charge >= 0.3 is 6.03 Å². The second-order valence-corrected chi connectivity index (χ2v) is 3.51. The fourth-order valence-corrected chi connectivity index (χ4v) is 1.35. The molecule has 7 nitrogen and oxygen atoms in total. The number of carbonyl (C=O) groups excluding carboxylic acids is 2. The average Bonchev–Trinajstić information content (AvgIpc) is 2.58. The van der Waals surface area contributed by atoms with E-state index >= 15 is 0 Å². The van der Waals surface area contributed by atoms with Gasteiger partial charge in [-0.15, -0.1) is 0 Å². The monoisotopic (exact) mass is 233 g/mol. The molecule has 2 N–H and O–H groups in total. The molecular formula is C10H11N5O2. The van der Waals surface area contributed by atoms with Gasteiger partial charge in [-0.25, -0.2) is 4.79 Å². The van der Waals surface area contributed by atoms with Crippen molar-refractivity contribution in [3.63, 3.8) is 0 Å². The summed E-state index contributed by atoms with van der Waals surface area (Å²) in [5.41, 5.74) is 0.598. The Hall–Kier alpha value is -2.44. The number of hydrogen-bond donors (Lipinski definition) is 2. The zero-order chi connectivity index (χ0) is 12.3. The van der Waals surface area contributed by atoms with Crippen molar-refractivity contribution in [1.29, 1.82) is 0 Å². The number of nitrogens with one attached hydrogen (secondary N) is 2. The predicted octanol–water partition coefficient (Wildman–Crippen LogP) is 0.0311. The van der Waals surface area contributed by atoms with Gasteiger partial charge in [-0.05, 0) is 12.1 Å². The third-order valence-electron chi connectivity index (χ3n) is 2.13. The van der Waals surface area contributed by atoms with Crippen LogP contribution in [0.5, 0.6) is 0 Å². The maximum absolute atomic E-state index is 11.5. The standard InChI is InChI=1S/C10H11N5O2/c1-15-6-8(16)13-9(15)14-10(17)12-7-2-4-11-5-3-7/h2-5H,6H2,1H3,(H2,11,12,13,14,16,17). The van der Waals surface area contributed by atoms with Crippen molar-refractivity contribution in [2.45, 2.75) is 0 Å². The Kier molecular flexibility index (Phi) is 2.99. The van der Waals surface area contributed by atoms with Crippen LogP contribution in [0.2, 0.25) is 0 Å². The van der Waals surface area contributed by atoms with Gasteiger partial charge in [-0.2, -0.15) is 4.99 Å². The lowest BCUT2D eigenvalue weighted by Crippen LogP contribution is -2.29. The fraction of sp³-hybridized carbons (Fsp3) is 0.200. The molecule has 0 saturated carbocycles. The Morgan fingerprint density at radius 3 is 2.82 bits per heavy atom. The van der Waals surface area contributed by atoms with E-state index in [1.54, 1.807) is 36.5 Å². The summed E-state index contributed by atoms with van der Waals surface area (Å²) in [6.45, 7) is 0.210. The van der Waals surface area contributed by atoms with Crippen LogP contribution in [0.1, 0.15) is 0 Å². The molecule has 1 fully saturated rings. The summed E-state index contributed by atoms with van der Waals surface area (Å²) in [4.78, 5) is 31.7. The first-order valence-electron chi connectivity index (χ1n) is 4.96. The number of anilines is 1. The van der Waals surface area contributed by atoms with Crippen molar-refractivity contribution < 1.29 is 9.59 Å². The van der Waals surface area contributed by atoms with Crippen molar-refractivity contribution in [3.05, 3.63) is 24.5 Å². The van der Waals surface area contributed by atoms with Gasteiger partial charge in [0.25, 0.3) is 0 Å². The summed E-state index contributed by atoms with van der Waals surface area (Å²) in [6, 6.07) is 2.75. The van der Waals surface area contributed by atoms with Crippen molar-refractivity contribution >= 4 is 23.6 Å². The Morgan fingerprint density at radius 2 is 2.24 bits per heavy atom. The Bertz CT molecular complexity index is 471. The van der Waals surface area contributed by atoms with Gasteiger partial charge in [-0.1, -0.05) is 0 Å². The van der Waals surface area contributed by atoms with E-state index in [0.29, 0.717) is 5.69 Å².